The van der Waals surface area contributed by atoms with Gasteiger partial charge in [-0.2, -0.15) is 0 Å². The second-order valence-corrected chi connectivity index (χ2v) is 7.64. The third-order valence-electron chi connectivity index (χ3n) is 4.96. The molecule has 0 spiro atoms. The van der Waals surface area contributed by atoms with Gasteiger partial charge in [0, 0.05) is 5.92 Å². The molecule has 1 rings (SSSR count). The van der Waals surface area contributed by atoms with Gasteiger partial charge in [0.1, 0.15) is 18.7 Å². The molecule has 0 saturated heterocycles. The van der Waals surface area contributed by atoms with Crippen molar-refractivity contribution in [1.29, 1.82) is 0 Å². The van der Waals surface area contributed by atoms with E-state index < -0.39 is 59.7 Å². The minimum absolute atomic E-state index is 0.0200. The lowest BCUT2D eigenvalue weighted by molar-refractivity contribution is -0.163. The highest BCUT2D eigenvalue weighted by Crippen LogP contribution is 2.20. The largest absolute Gasteiger partial charge is 0.480 e. The van der Waals surface area contributed by atoms with Crippen LogP contribution in [0, 0.1) is 17.8 Å². The summed E-state index contributed by atoms with van der Waals surface area (Å²) in [6, 6.07) is 6.11. The number of aliphatic carboxylic acids is 1. The smallest absolute Gasteiger partial charge is 0.408 e. The zero-order valence-electron chi connectivity index (χ0n) is 19.2. The molecule has 33 heavy (non-hydrogen) atoms. The molecule has 0 fully saturated rings. The molecular formula is C22H30N2O9. The van der Waals surface area contributed by atoms with E-state index in [-0.39, 0.29) is 6.61 Å². The lowest BCUT2D eigenvalue weighted by Crippen LogP contribution is -2.57. The SMILES string of the molecule is COC(=O)C(C(=O)OC)[C@H](C)[C@@H](NC(=O)[C@H](NC(=O)OCc1ccccc1)C(C)C)C(=O)O. The Bertz CT molecular complexity index is 826. The first kappa shape index (κ1) is 27.4. The van der Waals surface area contributed by atoms with Crippen LogP contribution >= 0.6 is 0 Å². The number of hydrogen-bond donors (Lipinski definition) is 3. The fraction of sp³-hybridized carbons (Fsp3) is 0.500. The number of alkyl carbamates (subject to hydrolysis) is 1. The quantitative estimate of drug-likeness (QED) is 0.247. The molecule has 3 N–H and O–H groups in total. The maximum atomic E-state index is 12.8. The highest BCUT2D eigenvalue weighted by molar-refractivity contribution is 5.96. The van der Waals surface area contributed by atoms with Gasteiger partial charge in [0.25, 0.3) is 0 Å². The molecule has 1 aromatic rings. The number of ether oxygens (including phenoxy) is 3. The molecule has 0 heterocycles. The van der Waals surface area contributed by atoms with Crippen molar-refractivity contribution in [2.75, 3.05) is 14.2 Å². The zero-order valence-corrected chi connectivity index (χ0v) is 19.2. The third-order valence-corrected chi connectivity index (χ3v) is 4.96. The first-order chi connectivity index (χ1) is 15.5. The van der Waals surface area contributed by atoms with Crippen LogP contribution in [0.25, 0.3) is 0 Å². The molecule has 0 aromatic heterocycles. The number of nitrogens with one attached hydrogen (secondary N) is 2. The van der Waals surface area contributed by atoms with Crippen LogP contribution in [0.4, 0.5) is 4.79 Å². The van der Waals surface area contributed by atoms with Crippen molar-refractivity contribution >= 4 is 29.9 Å². The van der Waals surface area contributed by atoms with Crippen molar-refractivity contribution in [3.05, 3.63) is 35.9 Å². The Hall–Kier alpha value is -3.63. The van der Waals surface area contributed by atoms with Crippen molar-refractivity contribution in [3.8, 4) is 0 Å². The molecule has 3 atom stereocenters. The number of carbonyl (C=O) groups is 5. The predicted octanol–water partition coefficient (Wildman–Crippen LogP) is 1.11. The molecule has 11 nitrogen and oxygen atoms in total. The number of amides is 2. The van der Waals surface area contributed by atoms with Crippen LogP contribution < -0.4 is 10.6 Å². The van der Waals surface area contributed by atoms with E-state index in [1.807, 2.05) is 6.07 Å². The Labute approximate surface area is 191 Å². The van der Waals surface area contributed by atoms with Crippen LogP contribution in [-0.2, 0) is 40.0 Å². The fourth-order valence-corrected chi connectivity index (χ4v) is 3.06. The normalized spacial score (nSPS) is 13.4. The molecule has 2 amide bonds. The Morgan fingerprint density at radius 1 is 0.879 bits per heavy atom. The molecule has 0 saturated carbocycles. The van der Waals surface area contributed by atoms with Crippen molar-refractivity contribution in [2.45, 2.75) is 39.5 Å². The zero-order chi connectivity index (χ0) is 25.1. The van der Waals surface area contributed by atoms with Gasteiger partial charge in [-0.15, -0.1) is 0 Å². The molecule has 1 aromatic carbocycles. The molecule has 11 heteroatoms. The number of esters is 2. The van der Waals surface area contributed by atoms with E-state index in [9.17, 15) is 29.1 Å². The summed E-state index contributed by atoms with van der Waals surface area (Å²) in [6.07, 6.45) is -0.866. The van der Waals surface area contributed by atoms with Gasteiger partial charge in [0.05, 0.1) is 14.2 Å². The third kappa shape index (κ3) is 8.09. The summed E-state index contributed by atoms with van der Waals surface area (Å²) < 4.78 is 14.3. The van der Waals surface area contributed by atoms with E-state index in [1.54, 1.807) is 38.1 Å². The highest BCUT2D eigenvalue weighted by atomic mass is 16.6. The minimum Gasteiger partial charge on any atom is -0.480 e. The van der Waals surface area contributed by atoms with Crippen molar-refractivity contribution in [2.24, 2.45) is 17.8 Å². The summed E-state index contributed by atoms with van der Waals surface area (Å²) in [5, 5.41) is 14.3. The van der Waals surface area contributed by atoms with E-state index in [1.165, 1.54) is 6.92 Å². The number of carbonyl (C=O) groups excluding carboxylic acids is 4. The molecule has 0 unspecified atom stereocenters. The molecule has 182 valence electrons. The van der Waals surface area contributed by atoms with Gasteiger partial charge in [-0.1, -0.05) is 51.1 Å². The molecule has 0 aliphatic rings. The van der Waals surface area contributed by atoms with Gasteiger partial charge in [-0.3, -0.25) is 14.4 Å². The lowest BCUT2D eigenvalue weighted by atomic mass is 9.87. The van der Waals surface area contributed by atoms with Crippen LogP contribution in [-0.4, -0.2) is 61.3 Å². The first-order valence-electron chi connectivity index (χ1n) is 10.2. The van der Waals surface area contributed by atoms with Gasteiger partial charge < -0.3 is 30.0 Å². The second kappa shape index (κ2) is 13.0. The predicted molar refractivity (Wildman–Crippen MR) is 115 cm³/mol. The second-order valence-electron chi connectivity index (χ2n) is 7.64. The van der Waals surface area contributed by atoms with Crippen molar-refractivity contribution < 1.29 is 43.3 Å². The Balaban J connectivity index is 2.93. The average molecular weight is 466 g/mol. The van der Waals surface area contributed by atoms with Crippen LogP contribution in [0.15, 0.2) is 30.3 Å². The summed E-state index contributed by atoms with van der Waals surface area (Å²) in [6.45, 7) is 4.57. The minimum atomic E-state index is -1.65. The van der Waals surface area contributed by atoms with E-state index in [0.717, 1.165) is 19.8 Å². The van der Waals surface area contributed by atoms with Crippen molar-refractivity contribution in [1.82, 2.24) is 10.6 Å². The number of rotatable bonds is 11. The Kier molecular flexibility index (Phi) is 10.8. The summed E-state index contributed by atoms with van der Waals surface area (Å²) in [5.41, 5.74) is 0.745. The topological polar surface area (TPSA) is 157 Å². The van der Waals surface area contributed by atoms with Crippen molar-refractivity contribution in [3.63, 3.8) is 0 Å². The first-order valence-corrected chi connectivity index (χ1v) is 10.2. The lowest BCUT2D eigenvalue weighted by Gasteiger charge is -2.28. The van der Waals surface area contributed by atoms with E-state index in [4.69, 9.17) is 4.74 Å². The summed E-state index contributed by atoms with van der Waals surface area (Å²) in [7, 11) is 2.08. The standard InChI is InChI=1S/C22H30N2O9/c1-12(2)16(24-22(30)33-11-14-9-7-6-8-10-14)18(25)23-17(19(26)27)13(3)15(20(28)31-4)21(29)32-5/h6-10,12-13,15-17H,11H2,1-5H3,(H,23,25)(H,24,30)(H,26,27)/t13-,16+,17+/m0/s1. The van der Waals surface area contributed by atoms with E-state index in [2.05, 4.69) is 20.1 Å². The Morgan fingerprint density at radius 3 is 1.88 bits per heavy atom. The average Bonchev–Trinajstić information content (AvgIpc) is 2.79. The summed E-state index contributed by atoms with van der Waals surface area (Å²) >= 11 is 0. The maximum absolute atomic E-state index is 12.8. The molecule has 0 aliphatic carbocycles. The molecule has 0 aliphatic heterocycles. The van der Waals surface area contributed by atoms with E-state index >= 15 is 0 Å². The maximum Gasteiger partial charge on any atom is 0.408 e. The van der Waals surface area contributed by atoms with Gasteiger partial charge in [0.15, 0.2) is 5.92 Å². The highest BCUT2D eigenvalue weighted by Gasteiger charge is 2.42. The fourth-order valence-electron chi connectivity index (χ4n) is 3.06. The molecule has 0 radical (unpaired) electrons. The van der Waals surface area contributed by atoms with Crippen LogP contribution in [0.1, 0.15) is 26.3 Å². The van der Waals surface area contributed by atoms with Gasteiger partial charge in [-0.05, 0) is 11.5 Å². The number of benzene rings is 1. The number of carboxylic acids is 1. The molecule has 0 bridgehead atoms. The van der Waals surface area contributed by atoms with Gasteiger partial charge >= 0.3 is 24.0 Å². The number of hydrogen-bond acceptors (Lipinski definition) is 8. The molecular weight excluding hydrogens is 436 g/mol. The summed E-state index contributed by atoms with van der Waals surface area (Å²) in [4.78, 5) is 61.0. The van der Waals surface area contributed by atoms with Crippen LogP contribution in [0.3, 0.4) is 0 Å². The van der Waals surface area contributed by atoms with Crippen LogP contribution in [0.2, 0.25) is 0 Å². The monoisotopic (exact) mass is 466 g/mol. The number of methoxy groups -OCH3 is 2. The Morgan fingerprint density at radius 2 is 1.42 bits per heavy atom. The summed E-state index contributed by atoms with van der Waals surface area (Å²) in [5.74, 6) is -7.55. The number of carboxylic acid groups (broad SMARTS) is 1. The van der Waals surface area contributed by atoms with Gasteiger partial charge in [0.2, 0.25) is 5.91 Å². The van der Waals surface area contributed by atoms with E-state index in [0.29, 0.717) is 0 Å². The van der Waals surface area contributed by atoms with Crippen LogP contribution in [0.5, 0.6) is 0 Å². The van der Waals surface area contributed by atoms with Gasteiger partial charge in [-0.25, -0.2) is 9.59 Å².